The first-order valence-electron chi connectivity index (χ1n) is 7.93. The first-order chi connectivity index (χ1) is 10.6. The van der Waals surface area contributed by atoms with Crippen LogP contribution in [0.4, 0.5) is 5.69 Å². The molecule has 0 bridgehead atoms. The molecule has 2 saturated heterocycles. The summed E-state index contributed by atoms with van der Waals surface area (Å²) in [5.41, 5.74) is 1.17. The van der Waals surface area contributed by atoms with Crippen LogP contribution in [0.1, 0.15) is 20.3 Å². The molecule has 0 aromatic heterocycles. The van der Waals surface area contributed by atoms with Crippen molar-refractivity contribution in [3.05, 3.63) is 24.3 Å². The Kier molecular flexibility index (Phi) is 4.25. The Morgan fingerprint density at radius 2 is 2.09 bits per heavy atom. The van der Waals surface area contributed by atoms with E-state index in [0.717, 1.165) is 31.8 Å². The van der Waals surface area contributed by atoms with Crippen molar-refractivity contribution in [1.82, 2.24) is 4.90 Å². The third kappa shape index (κ3) is 2.90. The first-order valence-corrected chi connectivity index (χ1v) is 7.93. The summed E-state index contributed by atoms with van der Waals surface area (Å²) in [6.45, 7) is 6.84. The van der Waals surface area contributed by atoms with Crippen LogP contribution in [-0.2, 0) is 9.53 Å². The van der Waals surface area contributed by atoms with Crippen LogP contribution in [0.5, 0.6) is 5.75 Å². The number of carbonyl (C=O) groups excluding carboxylic acids is 1. The maximum absolute atomic E-state index is 11.9. The summed E-state index contributed by atoms with van der Waals surface area (Å²) < 4.78 is 10.6. The van der Waals surface area contributed by atoms with Gasteiger partial charge in [0.25, 0.3) is 0 Å². The average molecular weight is 304 g/mol. The Labute approximate surface area is 131 Å². The molecule has 2 heterocycles. The summed E-state index contributed by atoms with van der Waals surface area (Å²) in [6, 6.07) is 8.44. The van der Waals surface area contributed by atoms with Crippen molar-refractivity contribution in [1.29, 1.82) is 0 Å². The zero-order chi connectivity index (χ0) is 15.7. The highest BCUT2D eigenvalue weighted by Crippen LogP contribution is 2.27. The van der Waals surface area contributed by atoms with Crippen molar-refractivity contribution in [3.63, 3.8) is 0 Å². The van der Waals surface area contributed by atoms with Gasteiger partial charge in [0.2, 0.25) is 0 Å². The molecule has 1 aromatic carbocycles. The lowest BCUT2D eigenvalue weighted by atomic mass is 10.1. The Hall–Kier alpha value is -1.75. The minimum atomic E-state index is -0.0649. The number of methoxy groups -OCH3 is 1. The Morgan fingerprint density at radius 1 is 1.27 bits per heavy atom. The highest BCUT2D eigenvalue weighted by atomic mass is 16.6. The van der Waals surface area contributed by atoms with E-state index in [1.165, 1.54) is 5.69 Å². The molecular formula is C17H24N2O3. The normalized spacial score (nSPS) is 29.5. The largest absolute Gasteiger partial charge is 0.497 e. The van der Waals surface area contributed by atoms with Crippen molar-refractivity contribution in [2.75, 3.05) is 31.6 Å². The molecule has 22 heavy (non-hydrogen) atoms. The van der Waals surface area contributed by atoms with E-state index in [2.05, 4.69) is 28.9 Å². The quantitative estimate of drug-likeness (QED) is 0.798. The number of rotatable bonds is 3. The number of carbonyl (C=O) groups is 1. The second-order valence-electron chi connectivity index (χ2n) is 6.24. The molecular weight excluding hydrogens is 280 g/mol. The SMILES string of the molecule is COc1cccc(N2CCN([C@@H]3C[C@@H](C)OC3=O)C[C@H]2C)c1. The lowest BCUT2D eigenvalue weighted by Gasteiger charge is -2.42. The van der Waals surface area contributed by atoms with Crippen LogP contribution in [-0.4, -0.2) is 55.8 Å². The third-order valence-corrected chi connectivity index (χ3v) is 4.63. The van der Waals surface area contributed by atoms with Crippen molar-refractivity contribution in [3.8, 4) is 5.75 Å². The molecule has 0 aliphatic carbocycles. The van der Waals surface area contributed by atoms with Crippen molar-refractivity contribution in [2.24, 2.45) is 0 Å². The molecule has 0 saturated carbocycles. The van der Waals surface area contributed by atoms with E-state index in [9.17, 15) is 4.79 Å². The van der Waals surface area contributed by atoms with E-state index in [-0.39, 0.29) is 18.1 Å². The average Bonchev–Trinajstić information content (AvgIpc) is 2.86. The number of cyclic esters (lactones) is 1. The fourth-order valence-electron chi connectivity index (χ4n) is 3.48. The van der Waals surface area contributed by atoms with Crippen LogP contribution >= 0.6 is 0 Å². The minimum absolute atomic E-state index is 0.0456. The number of piperazine rings is 1. The van der Waals surface area contributed by atoms with E-state index in [1.807, 2.05) is 19.1 Å². The van der Waals surface area contributed by atoms with Crippen LogP contribution in [0.2, 0.25) is 0 Å². The van der Waals surface area contributed by atoms with E-state index >= 15 is 0 Å². The molecule has 0 N–H and O–H groups in total. The maximum Gasteiger partial charge on any atom is 0.323 e. The van der Waals surface area contributed by atoms with Gasteiger partial charge in [-0.2, -0.15) is 0 Å². The van der Waals surface area contributed by atoms with Crippen molar-refractivity contribution < 1.29 is 14.3 Å². The molecule has 5 heteroatoms. The van der Waals surface area contributed by atoms with Crippen molar-refractivity contribution >= 4 is 11.7 Å². The van der Waals surface area contributed by atoms with Crippen LogP contribution in [0.25, 0.3) is 0 Å². The summed E-state index contributed by atoms with van der Waals surface area (Å²) in [5, 5.41) is 0. The van der Waals surface area contributed by atoms with Crippen LogP contribution in [0, 0.1) is 0 Å². The predicted octanol–water partition coefficient (Wildman–Crippen LogP) is 1.91. The third-order valence-electron chi connectivity index (χ3n) is 4.63. The minimum Gasteiger partial charge on any atom is -0.497 e. The standard InChI is InChI=1S/C17H24N2O3/c1-12-11-18(16-9-13(2)22-17(16)20)7-8-19(12)14-5-4-6-15(10-14)21-3/h4-6,10,12-13,16H,7-9,11H2,1-3H3/t12-,13-,16-/m1/s1. The van der Waals surface area contributed by atoms with Gasteiger partial charge in [0.15, 0.2) is 0 Å². The van der Waals surface area contributed by atoms with E-state index in [4.69, 9.17) is 9.47 Å². The van der Waals surface area contributed by atoms with E-state index < -0.39 is 0 Å². The van der Waals surface area contributed by atoms with E-state index in [1.54, 1.807) is 7.11 Å². The lowest BCUT2D eigenvalue weighted by molar-refractivity contribution is -0.145. The smallest absolute Gasteiger partial charge is 0.323 e. The molecule has 3 rings (SSSR count). The molecule has 5 nitrogen and oxygen atoms in total. The zero-order valence-corrected chi connectivity index (χ0v) is 13.5. The van der Waals surface area contributed by atoms with Gasteiger partial charge in [-0.3, -0.25) is 9.69 Å². The second-order valence-corrected chi connectivity index (χ2v) is 6.24. The lowest BCUT2D eigenvalue weighted by Crippen LogP contribution is -2.56. The molecule has 1 aromatic rings. The molecule has 2 aliphatic rings. The fourth-order valence-corrected chi connectivity index (χ4v) is 3.48. The first kappa shape index (κ1) is 15.2. The fraction of sp³-hybridized carbons (Fsp3) is 0.588. The summed E-state index contributed by atoms with van der Waals surface area (Å²) in [5.74, 6) is 0.815. The molecule has 0 amide bonds. The van der Waals surface area contributed by atoms with Gasteiger partial charge < -0.3 is 14.4 Å². The number of hydrogen-bond acceptors (Lipinski definition) is 5. The topological polar surface area (TPSA) is 42.0 Å². The Bertz CT molecular complexity index is 548. The van der Waals surface area contributed by atoms with Gasteiger partial charge in [0, 0.05) is 43.9 Å². The molecule has 0 radical (unpaired) electrons. The van der Waals surface area contributed by atoms with Gasteiger partial charge in [-0.15, -0.1) is 0 Å². The Morgan fingerprint density at radius 3 is 2.73 bits per heavy atom. The Balaban J connectivity index is 1.68. The van der Waals surface area contributed by atoms with Gasteiger partial charge in [0.1, 0.15) is 17.9 Å². The molecule has 0 unspecified atom stereocenters. The number of nitrogens with zero attached hydrogens (tertiary/aromatic N) is 2. The summed E-state index contributed by atoms with van der Waals surface area (Å²) in [4.78, 5) is 16.6. The molecule has 2 aliphatic heterocycles. The molecule has 3 atom stereocenters. The number of benzene rings is 1. The van der Waals surface area contributed by atoms with E-state index in [0.29, 0.717) is 6.04 Å². The second kappa shape index (κ2) is 6.16. The summed E-state index contributed by atoms with van der Waals surface area (Å²) in [6.07, 6.45) is 0.856. The van der Waals surface area contributed by atoms with Crippen LogP contribution in [0.15, 0.2) is 24.3 Å². The summed E-state index contributed by atoms with van der Waals surface area (Å²) >= 11 is 0. The number of anilines is 1. The van der Waals surface area contributed by atoms with Crippen molar-refractivity contribution in [2.45, 2.75) is 38.5 Å². The monoisotopic (exact) mass is 304 g/mol. The highest BCUT2D eigenvalue weighted by Gasteiger charge is 2.39. The summed E-state index contributed by atoms with van der Waals surface area (Å²) in [7, 11) is 1.69. The molecule has 120 valence electrons. The van der Waals surface area contributed by atoms with Gasteiger partial charge in [-0.05, 0) is 26.0 Å². The predicted molar refractivity (Wildman–Crippen MR) is 85.3 cm³/mol. The maximum atomic E-state index is 11.9. The van der Waals surface area contributed by atoms with Gasteiger partial charge >= 0.3 is 5.97 Å². The molecule has 2 fully saturated rings. The van der Waals surface area contributed by atoms with Crippen LogP contribution in [0.3, 0.4) is 0 Å². The number of esters is 1. The zero-order valence-electron chi connectivity index (χ0n) is 13.5. The molecule has 0 spiro atoms. The van der Waals surface area contributed by atoms with Gasteiger partial charge in [-0.25, -0.2) is 0 Å². The van der Waals surface area contributed by atoms with Gasteiger partial charge in [0.05, 0.1) is 7.11 Å². The van der Waals surface area contributed by atoms with Crippen LogP contribution < -0.4 is 9.64 Å². The number of ether oxygens (including phenoxy) is 2. The highest BCUT2D eigenvalue weighted by molar-refractivity contribution is 5.78. The number of hydrogen-bond donors (Lipinski definition) is 0. The van der Waals surface area contributed by atoms with Gasteiger partial charge in [-0.1, -0.05) is 6.07 Å².